The van der Waals surface area contributed by atoms with Crippen molar-refractivity contribution in [1.82, 2.24) is 10.2 Å². The van der Waals surface area contributed by atoms with Gasteiger partial charge >= 0.3 is 0 Å². The lowest BCUT2D eigenvalue weighted by Crippen LogP contribution is -2.47. The standard InChI is InChI=1S/C31H36BrN5O4/c1-40-29-5-3-2-4-28(29)37-16-14-36(15-17-37)27-11-10-25(34-30(38)23-6-8-24(32)9-7-23)22-26(27)31(39)33-12-13-35-18-20-41-21-19-35/h2-11,22H,12-21H2,1H3,(H,33,39)(H,34,38). The lowest BCUT2D eigenvalue weighted by atomic mass is 10.1. The number of nitrogens with one attached hydrogen (secondary N) is 2. The maximum Gasteiger partial charge on any atom is 0.255 e. The van der Waals surface area contributed by atoms with Crippen LogP contribution in [0.15, 0.2) is 71.2 Å². The van der Waals surface area contributed by atoms with E-state index in [2.05, 4.69) is 47.3 Å². The fraction of sp³-hybridized carbons (Fsp3) is 0.355. The molecule has 2 N–H and O–H groups in total. The smallest absolute Gasteiger partial charge is 0.255 e. The van der Waals surface area contributed by atoms with Crippen molar-refractivity contribution in [2.75, 3.05) is 87.8 Å². The number of piperazine rings is 1. The highest BCUT2D eigenvalue weighted by atomic mass is 79.9. The van der Waals surface area contributed by atoms with Crippen LogP contribution in [0.25, 0.3) is 0 Å². The number of halogens is 1. The van der Waals surface area contributed by atoms with Crippen molar-refractivity contribution in [3.8, 4) is 5.75 Å². The summed E-state index contributed by atoms with van der Waals surface area (Å²) in [6, 6.07) is 20.8. The van der Waals surface area contributed by atoms with Crippen LogP contribution >= 0.6 is 15.9 Å². The molecule has 2 amide bonds. The molecule has 10 heteroatoms. The number of hydrogen-bond donors (Lipinski definition) is 2. The van der Waals surface area contributed by atoms with Crippen LogP contribution in [0, 0.1) is 0 Å². The maximum absolute atomic E-state index is 13.5. The number of anilines is 3. The molecule has 0 atom stereocenters. The quantitative estimate of drug-likeness (QED) is 0.372. The van der Waals surface area contributed by atoms with Gasteiger partial charge < -0.3 is 29.9 Å². The summed E-state index contributed by atoms with van der Waals surface area (Å²) in [6.45, 7) is 7.56. The number of carbonyl (C=O) groups excluding carboxylic acids is 2. The molecular weight excluding hydrogens is 586 g/mol. The van der Waals surface area contributed by atoms with Gasteiger partial charge in [-0.05, 0) is 54.6 Å². The molecule has 0 aliphatic carbocycles. The Morgan fingerprint density at radius 1 is 0.854 bits per heavy atom. The van der Waals surface area contributed by atoms with Crippen molar-refractivity contribution in [3.05, 3.63) is 82.3 Å². The summed E-state index contributed by atoms with van der Waals surface area (Å²) in [5.41, 5.74) is 3.59. The van der Waals surface area contributed by atoms with Crippen LogP contribution in [0.4, 0.5) is 17.1 Å². The minimum Gasteiger partial charge on any atom is -0.495 e. The second-order valence-corrected chi connectivity index (χ2v) is 11.0. The van der Waals surface area contributed by atoms with Gasteiger partial charge in [0, 0.05) is 73.8 Å². The highest BCUT2D eigenvalue weighted by Gasteiger charge is 2.24. The number of hydrogen-bond acceptors (Lipinski definition) is 7. The van der Waals surface area contributed by atoms with E-state index in [9.17, 15) is 9.59 Å². The van der Waals surface area contributed by atoms with Gasteiger partial charge in [0.2, 0.25) is 0 Å². The van der Waals surface area contributed by atoms with Gasteiger partial charge in [-0.25, -0.2) is 0 Å². The average Bonchev–Trinajstić information content (AvgIpc) is 3.02. The van der Waals surface area contributed by atoms with Crippen molar-refractivity contribution < 1.29 is 19.1 Å². The Hall–Kier alpha value is -3.60. The Balaban J connectivity index is 1.31. The van der Waals surface area contributed by atoms with E-state index in [-0.39, 0.29) is 11.8 Å². The van der Waals surface area contributed by atoms with Gasteiger partial charge in [-0.15, -0.1) is 0 Å². The fourth-order valence-electron chi connectivity index (χ4n) is 5.20. The molecule has 0 radical (unpaired) electrons. The predicted molar refractivity (Wildman–Crippen MR) is 166 cm³/mol. The van der Waals surface area contributed by atoms with Gasteiger partial charge in [0.1, 0.15) is 5.75 Å². The summed E-state index contributed by atoms with van der Waals surface area (Å²) in [5.74, 6) is 0.474. The Kier molecular flexibility index (Phi) is 9.76. The van der Waals surface area contributed by atoms with Gasteiger partial charge in [0.05, 0.1) is 31.6 Å². The molecule has 2 heterocycles. The molecule has 41 heavy (non-hydrogen) atoms. The van der Waals surface area contributed by atoms with Crippen LogP contribution < -0.4 is 25.2 Å². The van der Waals surface area contributed by atoms with Crippen molar-refractivity contribution in [1.29, 1.82) is 0 Å². The zero-order valence-corrected chi connectivity index (χ0v) is 24.9. The molecule has 2 aliphatic rings. The summed E-state index contributed by atoms with van der Waals surface area (Å²) in [4.78, 5) is 33.3. The van der Waals surface area contributed by atoms with Gasteiger partial charge in [-0.3, -0.25) is 14.5 Å². The molecular formula is C31H36BrN5O4. The number of rotatable bonds is 9. The van der Waals surface area contributed by atoms with E-state index in [4.69, 9.17) is 9.47 Å². The molecule has 2 aliphatic heterocycles. The van der Waals surface area contributed by atoms with Gasteiger partial charge in [-0.2, -0.15) is 0 Å². The molecule has 0 bridgehead atoms. The SMILES string of the molecule is COc1ccccc1N1CCN(c2ccc(NC(=O)c3ccc(Br)cc3)cc2C(=O)NCCN2CCOCC2)CC1. The third-order valence-electron chi connectivity index (χ3n) is 7.47. The lowest BCUT2D eigenvalue weighted by Gasteiger charge is -2.38. The second kappa shape index (κ2) is 13.8. The molecule has 0 saturated carbocycles. The van der Waals surface area contributed by atoms with Crippen molar-refractivity contribution in [2.45, 2.75) is 0 Å². The first-order chi connectivity index (χ1) is 20.0. The van der Waals surface area contributed by atoms with E-state index in [1.54, 1.807) is 25.3 Å². The lowest BCUT2D eigenvalue weighted by molar-refractivity contribution is 0.0383. The fourth-order valence-corrected chi connectivity index (χ4v) is 5.47. The molecule has 0 aromatic heterocycles. The first-order valence-corrected chi connectivity index (χ1v) is 14.7. The van der Waals surface area contributed by atoms with E-state index in [1.807, 2.05) is 42.5 Å². The van der Waals surface area contributed by atoms with Crippen LogP contribution in [-0.2, 0) is 4.74 Å². The summed E-state index contributed by atoms with van der Waals surface area (Å²) in [7, 11) is 1.69. The molecule has 3 aromatic carbocycles. The third-order valence-corrected chi connectivity index (χ3v) is 8.00. The molecule has 2 fully saturated rings. The first kappa shape index (κ1) is 28.9. The minimum absolute atomic E-state index is 0.153. The highest BCUT2D eigenvalue weighted by molar-refractivity contribution is 9.10. The van der Waals surface area contributed by atoms with Crippen molar-refractivity contribution >= 4 is 44.8 Å². The number of amides is 2. The summed E-state index contributed by atoms with van der Waals surface area (Å²) in [6.07, 6.45) is 0. The Bertz CT molecular complexity index is 1340. The Morgan fingerprint density at radius 3 is 2.24 bits per heavy atom. The van der Waals surface area contributed by atoms with E-state index in [0.717, 1.165) is 80.6 Å². The largest absolute Gasteiger partial charge is 0.495 e. The number of ether oxygens (including phenoxy) is 2. The zero-order valence-electron chi connectivity index (χ0n) is 23.3. The van der Waals surface area contributed by atoms with E-state index in [0.29, 0.717) is 23.4 Å². The summed E-state index contributed by atoms with van der Waals surface area (Å²) in [5, 5.41) is 6.06. The summed E-state index contributed by atoms with van der Waals surface area (Å²) >= 11 is 3.40. The maximum atomic E-state index is 13.5. The highest BCUT2D eigenvalue weighted by Crippen LogP contribution is 2.31. The van der Waals surface area contributed by atoms with Gasteiger partial charge in [0.15, 0.2) is 0 Å². The van der Waals surface area contributed by atoms with Crippen molar-refractivity contribution in [3.63, 3.8) is 0 Å². The average molecular weight is 623 g/mol. The molecule has 3 aromatic rings. The second-order valence-electron chi connectivity index (χ2n) is 10.0. The summed E-state index contributed by atoms with van der Waals surface area (Å²) < 4.78 is 11.9. The predicted octanol–water partition coefficient (Wildman–Crippen LogP) is 4.10. The molecule has 0 unspecified atom stereocenters. The topological polar surface area (TPSA) is 86.4 Å². The number of methoxy groups -OCH3 is 1. The number of morpholine rings is 1. The van der Waals surface area contributed by atoms with Crippen LogP contribution in [0.1, 0.15) is 20.7 Å². The minimum atomic E-state index is -0.227. The van der Waals surface area contributed by atoms with Crippen LogP contribution in [0.3, 0.4) is 0 Å². The number of carbonyl (C=O) groups is 2. The molecule has 9 nitrogen and oxygen atoms in total. The molecule has 0 spiro atoms. The number of nitrogens with zero attached hydrogens (tertiary/aromatic N) is 3. The monoisotopic (exact) mass is 621 g/mol. The van der Waals surface area contributed by atoms with Gasteiger partial charge in [-0.1, -0.05) is 28.1 Å². The first-order valence-electron chi connectivity index (χ1n) is 13.9. The van der Waals surface area contributed by atoms with Crippen LogP contribution in [0.2, 0.25) is 0 Å². The van der Waals surface area contributed by atoms with E-state index >= 15 is 0 Å². The molecule has 216 valence electrons. The van der Waals surface area contributed by atoms with Crippen molar-refractivity contribution in [2.24, 2.45) is 0 Å². The number of benzene rings is 3. The molecule has 2 saturated heterocycles. The number of para-hydroxylation sites is 2. The van der Waals surface area contributed by atoms with E-state index < -0.39 is 0 Å². The zero-order chi connectivity index (χ0) is 28.6. The van der Waals surface area contributed by atoms with Gasteiger partial charge in [0.25, 0.3) is 11.8 Å². The van der Waals surface area contributed by atoms with Crippen LogP contribution in [-0.4, -0.2) is 89.4 Å². The Morgan fingerprint density at radius 2 is 1.54 bits per heavy atom. The third kappa shape index (κ3) is 7.38. The van der Waals surface area contributed by atoms with Crippen LogP contribution in [0.5, 0.6) is 5.75 Å². The normalized spacial score (nSPS) is 15.9. The van der Waals surface area contributed by atoms with E-state index in [1.165, 1.54) is 0 Å². The Labute approximate surface area is 249 Å². The molecule has 5 rings (SSSR count).